The number of aliphatic hydroxyl groups is 1. The summed E-state index contributed by atoms with van der Waals surface area (Å²) >= 11 is 0. The van der Waals surface area contributed by atoms with Gasteiger partial charge >= 0.3 is 0 Å². The van der Waals surface area contributed by atoms with E-state index in [-0.39, 0.29) is 0 Å². The van der Waals surface area contributed by atoms with Crippen molar-refractivity contribution in [3.8, 4) is 0 Å². The van der Waals surface area contributed by atoms with Crippen molar-refractivity contribution >= 4 is 11.0 Å². The van der Waals surface area contributed by atoms with Crippen molar-refractivity contribution in [2.75, 3.05) is 0 Å². The normalized spacial score (nSPS) is 13.3. The molecule has 0 amide bonds. The van der Waals surface area contributed by atoms with E-state index in [1.54, 1.807) is 4.68 Å². The van der Waals surface area contributed by atoms with Crippen LogP contribution in [0.3, 0.4) is 0 Å². The Hall–Kier alpha value is -1.42. The summed E-state index contributed by atoms with van der Waals surface area (Å²) in [5.74, 6) is 0. The van der Waals surface area contributed by atoms with E-state index in [1.165, 1.54) is 0 Å². The van der Waals surface area contributed by atoms with E-state index in [4.69, 9.17) is 0 Å². The molecule has 1 atom stereocenters. The third-order valence-corrected chi connectivity index (χ3v) is 2.21. The Labute approximate surface area is 82.2 Å². The monoisotopic (exact) mass is 191 g/mol. The summed E-state index contributed by atoms with van der Waals surface area (Å²) in [7, 11) is 0. The number of aliphatic hydroxyl groups excluding tert-OH is 1. The van der Waals surface area contributed by atoms with Crippen LogP contribution in [0, 0.1) is 0 Å². The van der Waals surface area contributed by atoms with Gasteiger partial charge in [-0.2, -0.15) is 0 Å². The van der Waals surface area contributed by atoms with Crippen molar-refractivity contribution in [3.63, 3.8) is 0 Å². The van der Waals surface area contributed by atoms with Crippen LogP contribution < -0.4 is 0 Å². The molecule has 0 spiro atoms. The highest BCUT2D eigenvalue weighted by Crippen LogP contribution is 2.16. The molecule has 74 valence electrons. The first-order chi connectivity index (χ1) is 6.83. The minimum absolute atomic E-state index is 0.563. The van der Waals surface area contributed by atoms with Crippen molar-refractivity contribution in [2.24, 2.45) is 0 Å². The van der Waals surface area contributed by atoms with Crippen LogP contribution in [0.25, 0.3) is 11.0 Å². The topological polar surface area (TPSA) is 50.9 Å². The fraction of sp³-hybridized carbons (Fsp3) is 0.400. The molecule has 0 aliphatic heterocycles. The molecule has 0 fully saturated rings. The Kier molecular flexibility index (Phi) is 2.45. The highest BCUT2D eigenvalue weighted by atomic mass is 16.3. The van der Waals surface area contributed by atoms with Gasteiger partial charge in [-0.15, -0.1) is 5.10 Å². The van der Waals surface area contributed by atoms with Crippen molar-refractivity contribution in [3.05, 3.63) is 24.3 Å². The molecule has 4 heteroatoms. The van der Waals surface area contributed by atoms with Crippen molar-refractivity contribution < 1.29 is 5.11 Å². The molecule has 0 aliphatic rings. The van der Waals surface area contributed by atoms with Gasteiger partial charge < -0.3 is 5.11 Å². The third kappa shape index (κ3) is 1.48. The van der Waals surface area contributed by atoms with Gasteiger partial charge in [0, 0.05) is 0 Å². The molecule has 1 unspecified atom stereocenters. The molecule has 1 aromatic heterocycles. The van der Waals surface area contributed by atoms with Gasteiger partial charge in [0.25, 0.3) is 0 Å². The quantitative estimate of drug-likeness (QED) is 0.803. The third-order valence-electron chi connectivity index (χ3n) is 2.21. The summed E-state index contributed by atoms with van der Waals surface area (Å²) < 4.78 is 1.57. The second-order valence-electron chi connectivity index (χ2n) is 3.29. The maximum atomic E-state index is 9.77. The minimum atomic E-state index is -0.563. The Balaban J connectivity index is 2.42. The molecule has 0 saturated heterocycles. The zero-order chi connectivity index (χ0) is 9.97. The predicted molar refractivity (Wildman–Crippen MR) is 53.7 cm³/mol. The smallest absolute Gasteiger partial charge is 0.149 e. The molecular weight excluding hydrogens is 178 g/mol. The largest absolute Gasteiger partial charge is 0.372 e. The maximum absolute atomic E-state index is 9.77. The molecule has 4 nitrogen and oxygen atoms in total. The van der Waals surface area contributed by atoms with Gasteiger partial charge in [-0.05, 0) is 18.6 Å². The number of aromatic nitrogens is 3. The summed E-state index contributed by atoms with van der Waals surface area (Å²) in [4.78, 5) is 0. The van der Waals surface area contributed by atoms with Crippen LogP contribution in [0.4, 0.5) is 0 Å². The lowest BCUT2D eigenvalue weighted by Gasteiger charge is -2.09. The van der Waals surface area contributed by atoms with Gasteiger partial charge in [0.2, 0.25) is 0 Å². The fourth-order valence-electron chi connectivity index (χ4n) is 1.49. The summed E-state index contributed by atoms with van der Waals surface area (Å²) in [5, 5.41) is 17.7. The molecule has 1 aromatic carbocycles. The van der Waals surface area contributed by atoms with Crippen LogP contribution in [0.2, 0.25) is 0 Å². The molecule has 14 heavy (non-hydrogen) atoms. The predicted octanol–water partition coefficient (Wildman–Crippen LogP) is 1.72. The summed E-state index contributed by atoms with van der Waals surface area (Å²) in [6.07, 6.45) is 1.07. The molecule has 0 radical (unpaired) electrons. The van der Waals surface area contributed by atoms with Gasteiger partial charge in [-0.25, -0.2) is 4.68 Å². The van der Waals surface area contributed by atoms with E-state index in [0.29, 0.717) is 6.42 Å². The lowest BCUT2D eigenvalue weighted by molar-refractivity contribution is 0.0833. The SMILES string of the molecule is CCCC(O)n1nnc2ccccc21. The standard InChI is InChI=1S/C10H13N3O/c1-2-5-10(14)13-9-7-4-3-6-8(9)11-12-13/h3-4,6-7,10,14H,2,5H2,1H3. The van der Waals surface area contributed by atoms with E-state index < -0.39 is 6.23 Å². The Morgan fingerprint density at radius 2 is 2.21 bits per heavy atom. The highest BCUT2D eigenvalue weighted by molar-refractivity contribution is 5.73. The second-order valence-corrected chi connectivity index (χ2v) is 3.29. The van der Waals surface area contributed by atoms with Crippen LogP contribution in [0.5, 0.6) is 0 Å². The molecule has 1 heterocycles. The number of rotatable bonds is 3. The first-order valence-electron chi connectivity index (χ1n) is 4.81. The van der Waals surface area contributed by atoms with Crippen molar-refractivity contribution in [2.45, 2.75) is 26.0 Å². The van der Waals surface area contributed by atoms with Crippen LogP contribution in [-0.4, -0.2) is 20.1 Å². The molecule has 2 aromatic rings. The average Bonchev–Trinajstić information content (AvgIpc) is 2.61. The summed E-state index contributed by atoms with van der Waals surface area (Å²) in [6.45, 7) is 2.03. The number of hydrogen-bond donors (Lipinski definition) is 1. The summed E-state index contributed by atoms with van der Waals surface area (Å²) in [5.41, 5.74) is 1.70. The van der Waals surface area contributed by atoms with Gasteiger partial charge in [0.1, 0.15) is 11.7 Å². The van der Waals surface area contributed by atoms with Crippen molar-refractivity contribution in [1.29, 1.82) is 0 Å². The zero-order valence-corrected chi connectivity index (χ0v) is 8.09. The molecular formula is C10H13N3O. The fourth-order valence-corrected chi connectivity index (χ4v) is 1.49. The minimum Gasteiger partial charge on any atom is -0.372 e. The van der Waals surface area contributed by atoms with Gasteiger partial charge in [0.05, 0.1) is 5.52 Å². The molecule has 2 rings (SSSR count). The Morgan fingerprint density at radius 1 is 1.43 bits per heavy atom. The van der Waals surface area contributed by atoms with Crippen molar-refractivity contribution in [1.82, 2.24) is 15.0 Å². The summed E-state index contributed by atoms with van der Waals surface area (Å²) in [6, 6.07) is 7.63. The van der Waals surface area contributed by atoms with Crippen LogP contribution >= 0.6 is 0 Å². The van der Waals surface area contributed by atoms with Crippen LogP contribution in [0.15, 0.2) is 24.3 Å². The highest BCUT2D eigenvalue weighted by Gasteiger charge is 2.10. The number of hydrogen-bond acceptors (Lipinski definition) is 3. The van der Waals surface area contributed by atoms with E-state index in [1.807, 2.05) is 31.2 Å². The van der Waals surface area contributed by atoms with Gasteiger partial charge in [-0.1, -0.05) is 30.7 Å². The van der Waals surface area contributed by atoms with Crippen LogP contribution in [0.1, 0.15) is 26.0 Å². The number of nitrogens with zero attached hydrogens (tertiary/aromatic N) is 3. The first kappa shape index (κ1) is 9.15. The van der Waals surface area contributed by atoms with E-state index in [0.717, 1.165) is 17.5 Å². The van der Waals surface area contributed by atoms with Gasteiger partial charge in [0.15, 0.2) is 0 Å². The van der Waals surface area contributed by atoms with Crippen LogP contribution in [-0.2, 0) is 0 Å². The molecule has 0 aliphatic carbocycles. The van der Waals surface area contributed by atoms with E-state index >= 15 is 0 Å². The number of fused-ring (bicyclic) bond motifs is 1. The second kappa shape index (κ2) is 3.75. The lowest BCUT2D eigenvalue weighted by Crippen LogP contribution is -2.09. The Morgan fingerprint density at radius 3 is 3.00 bits per heavy atom. The Bertz CT molecular complexity index is 424. The maximum Gasteiger partial charge on any atom is 0.149 e. The van der Waals surface area contributed by atoms with E-state index in [9.17, 15) is 5.11 Å². The first-order valence-corrected chi connectivity index (χ1v) is 4.81. The molecule has 0 bridgehead atoms. The molecule has 1 N–H and O–H groups in total. The zero-order valence-electron chi connectivity index (χ0n) is 8.09. The van der Waals surface area contributed by atoms with Gasteiger partial charge in [-0.3, -0.25) is 0 Å². The number of para-hydroxylation sites is 1. The lowest BCUT2D eigenvalue weighted by atomic mass is 10.3. The van der Waals surface area contributed by atoms with E-state index in [2.05, 4.69) is 10.3 Å². The number of benzene rings is 1. The molecule has 0 saturated carbocycles. The average molecular weight is 191 g/mol.